The lowest BCUT2D eigenvalue weighted by Gasteiger charge is -2.13. The Morgan fingerprint density at radius 2 is 2.14 bits per heavy atom. The van der Waals surface area contributed by atoms with Crippen LogP contribution in [0.25, 0.3) is 0 Å². The van der Waals surface area contributed by atoms with Crippen molar-refractivity contribution >= 4 is 10.0 Å². The fourth-order valence-electron chi connectivity index (χ4n) is 1.68. The molecule has 0 bridgehead atoms. The molecule has 114 valence electrons. The van der Waals surface area contributed by atoms with E-state index in [0.717, 1.165) is 4.80 Å². The summed E-state index contributed by atoms with van der Waals surface area (Å²) in [6.07, 6.45) is 0. The van der Waals surface area contributed by atoms with E-state index in [1.807, 2.05) is 0 Å². The summed E-state index contributed by atoms with van der Waals surface area (Å²) in [7, 11) is -1.12. The molecule has 0 amide bonds. The Bertz CT molecular complexity index is 746. The summed E-state index contributed by atoms with van der Waals surface area (Å²) in [6.45, 7) is 1.58. The van der Waals surface area contributed by atoms with Crippen molar-refractivity contribution in [3.63, 3.8) is 0 Å². The average Bonchev–Trinajstić information content (AvgIpc) is 2.85. The van der Waals surface area contributed by atoms with Gasteiger partial charge in [-0.05, 0) is 29.8 Å². The van der Waals surface area contributed by atoms with Crippen LogP contribution < -0.4 is 9.46 Å². The molecule has 1 unspecified atom stereocenters. The van der Waals surface area contributed by atoms with E-state index in [-0.39, 0.29) is 5.75 Å². The zero-order valence-electron chi connectivity index (χ0n) is 11.6. The molecule has 10 heteroatoms. The van der Waals surface area contributed by atoms with Gasteiger partial charge in [0.25, 0.3) is 10.0 Å². The second kappa shape index (κ2) is 5.74. The van der Waals surface area contributed by atoms with Crippen LogP contribution in [0.3, 0.4) is 0 Å². The maximum atomic E-state index is 13.6. The highest BCUT2D eigenvalue weighted by Crippen LogP contribution is 2.22. The number of benzene rings is 1. The Morgan fingerprint density at radius 3 is 2.67 bits per heavy atom. The molecular formula is C11H14FN5O3S. The van der Waals surface area contributed by atoms with E-state index in [0.29, 0.717) is 5.56 Å². The highest BCUT2D eigenvalue weighted by molar-refractivity contribution is 7.89. The third-order valence-electron chi connectivity index (χ3n) is 2.74. The Labute approximate surface area is 121 Å². The highest BCUT2D eigenvalue weighted by Gasteiger charge is 2.23. The van der Waals surface area contributed by atoms with Gasteiger partial charge in [-0.15, -0.1) is 5.10 Å². The SMILES string of the molecule is COc1ccc(C(C)NS(=O)(=O)c2nnn(C)n2)cc1F. The number of nitrogens with zero attached hydrogens (tertiary/aromatic N) is 4. The van der Waals surface area contributed by atoms with Crippen LogP contribution in [-0.4, -0.2) is 35.7 Å². The van der Waals surface area contributed by atoms with Crippen LogP contribution >= 0.6 is 0 Å². The Kier molecular flexibility index (Phi) is 4.19. The molecule has 1 atom stereocenters. The summed E-state index contributed by atoms with van der Waals surface area (Å²) in [5.74, 6) is -0.483. The topological polar surface area (TPSA) is 99.0 Å². The Hall–Kier alpha value is -2.07. The number of methoxy groups -OCH3 is 1. The fraction of sp³-hybridized carbons (Fsp3) is 0.364. The van der Waals surface area contributed by atoms with Gasteiger partial charge in [0.1, 0.15) is 0 Å². The van der Waals surface area contributed by atoms with Crippen LogP contribution in [0.4, 0.5) is 4.39 Å². The molecule has 21 heavy (non-hydrogen) atoms. The highest BCUT2D eigenvalue weighted by atomic mass is 32.2. The zero-order chi connectivity index (χ0) is 15.6. The third kappa shape index (κ3) is 3.34. The summed E-state index contributed by atoms with van der Waals surface area (Å²) in [6, 6.07) is 3.53. The first-order chi connectivity index (χ1) is 9.83. The summed E-state index contributed by atoms with van der Waals surface area (Å²) >= 11 is 0. The van der Waals surface area contributed by atoms with Gasteiger partial charge in [0.2, 0.25) is 0 Å². The number of sulfonamides is 1. The molecule has 0 radical (unpaired) electrons. The van der Waals surface area contributed by atoms with Gasteiger partial charge in [-0.3, -0.25) is 0 Å². The summed E-state index contributed by atoms with van der Waals surface area (Å²) in [5, 5.41) is 10.1. The van der Waals surface area contributed by atoms with Crippen LogP contribution in [0, 0.1) is 5.82 Å². The van der Waals surface area contributed by atoms with Gasteiger partial charge in [-0.25, -0.2) is 17.5 Å². The molecule has 8 nitrogen and oxygen atoms in total. The number of tetrazole rings is 1. The number of nitrogens with one attached hydrogen (secondary N) is 1. The minimum atomic E-state index is -3.92. The van der Waals surface area contributed by atoms with Gasteiger partial charge in [-0.2, -0.15) is 4.80 Å². The first kappa shape index (κ1) is 15.3. The molecule has 0 spiro atoms. The molecule has 0 fully saturated rings. The van der Waals surface area contributed by atoms with Gasteiger partial charge in [0.05, 0.1) is 14.2 Å². The summed E-state index contributed by atoms with van der Waals surface area (Å²) in [5.41, 5.74) is 0.445. The summed E-state index contributed by atoms with van der Waals surface area (Å²) < 4.78 is 44.8. The molecule has 2 aromatic rings. The second-order valence-corrected chi connectivity index (χ2v) is 5.91. The normalized spacial score (nSPS) is 13.1. The molecule has 1 heterocycles. The van der Waals surface area contributed by atoms with E-state index in [1.54, 1.807) is 13.0 Å². The van der Waals surface area contributed by atoms with E-state index in [2.05, 4.69) is 20.1 Å². The molecule has 1 N–H and O–H groups in total. The lowest BCUT2D eigenvalue weighted by Crippen LogP contribution is -2.28. The molecule has 0 aliphatic rings. The maximum Gasteiger partial charge on any atom is 0.303 e. The van der Waals surface area contributed by atoms with Gasteiger partial charge < -0.3 is 4.74 Å². The standard InChI is InChI=1S/C11H14FN5O3S/c1-7(8-4-5-10(20-3)9(12)6-8)15-21(18,19)11-13-16-17(2)14-11/h4-7,15H,1-3H3. The number of aromatic nitrogens is 4. The molecule has 1 aromatic heterocycles. The monoisotopic (exact) mass is 315 g/mol. The fourth-order valence-corrected chi connectivity index (χ4v) is 2.76. The Morgan fingerprint density at radius 1 is 1.43 bits per heavy atom. The number of aryl methyl sites for hydroxylation is 1. The van der Waals surface area contributed by atoms with Crippen molar-refractivity contribution in [2.24, 2.45) is 7.05 Å². The van der Waals surface area contributed by atoms with Crippen LogP contribution in [0.15, 0.2) is 23.4 Å². The quantitative estimate of drug-likeness (QED) is 0.857. The van der Waals surface area contributed by atoms with Crippen molar-refractivity contribution in [3.05, 3.63) is 29.6 Å². The van der Waals surface area contributed by atoms with E-state index in [4.69, 9.17) is 4.74 Å². The third-order valence-corrected chi connectivity index (χ3v) is 4.05. The number of hydrogen-bond donors (Lipinski definition) is 1. The van der Waals surface area contributed by atoms with Crippen molar-refractivity contribution in [1.82, 2.24) is 24.9 Å². The van der Waals surface area contributed by atoms with Crippen molar-refractivity contribution in [3.8, 4) is 5.75 Å². The molecule has 0 saturated heterocycles. The summed E-state index contributed by atoms with van der Waals surface area (Å²) in [4.78, 5) is 1.03. The zero-order valence-corrected chi connectivity index (χ0v) is 12.4. The van der Waals surface area contributed by atoms with Crippen molar-refractivity contribution in [1.29, 1.82) is 0 Å². The van der Waals surface area contributed by atoms with Gasteiger partial charge >= 0.3 is 5.16 Å². The number of hydrogen-bond acceptors (Lipinski definition) is 6. The van der Waals surface area contributed by atoms with Crippen LogP contribution in [0.5, 0.6) is 5.75 Å². The molecule has 0 aliphatic heterocycles. The molecule has 0 aliphatic carbocycles. The second-order valence-electron chi connectivity index (χ2n) is 4.30. The van der Waals surface area contributed by atoms with E-state index in [1.165, 1.54) is 26.3 Å². The maximum absolute atomic E-state index is 13.6. The van der Waals surface area contributed by atoms with Crippen molar-refractivity contribution < 1.29 is 17.5 Å². The molecule has 0 saturated carbocycles. The number of rotatable bonds is 5. The van der Waals surface area contributed by atoms with E-state index < -0.39 is 27.0 Å². The van der Waals surface area contributed by atoms with Crippen molar-refractivity contribution in [2.45, 2.75) is 18.1 Å². The number of halogens is 1. The first-order valence-electron chi connectivity index (χ1n) is 5.93. The van der Waals surface area contributed by atoms with Gasteiger partial charge in [-0.1, -0.05) is 11.2 Å². The lowest BCUT2D eigenvalue weighted by molar-refractivity contribution is 0.386. The van der Waals surface area contributed by atoms with Crippen molar-refractivity contribution in [2.75, 3.05) is 7.11 Å². The van der Waals surface area contributed by atoms with Gasteiger partial charge in [0.15, 0.2) is 11.6 Å². The lowest BCUT2D eigenvalue weighted by atomic mass is 10.1. The van der Waals surface area contributed by atoms with Crippen LogP contribution in [-0.2, 0) is 17.1 Å². The smallest absolute Gasteiger partial charge is 0.303 e. The minimum Gasteiger partial charge on any atom is -0.494 e. The predicted molar refractivity (Wildman–Crippen MR) is 70.5 cm³/mol. The average molecular weight is 315 g/mol. The van der Waals surface area contributed by atoms with Gasteiger partial charge in [0, 0.05) is 6.04 Å². The largest absolute Gasteiger partial charge is 0.494 e. The van der Waals surface area contributed by atoms with E-state index in [9.17, 15) is 12.8 Å². The predicted octanol–water partition coefficient (Wildman–Crippen LogP) is 0.397. The van der Waals surface area contributed by atoms with Crippen LogP contribution in [0.2, 0.25) is 0 Å². The van der Waals surface area contributed by atoms with Crippen LogP contribution in [0.1, 0.15) is 18.5 Å². The molecular weight excluding hydrogens is 301 g/mol. The number of ether oxygens (including phenoxy) is 1. The Balaban J connectivity index is 2.21. The van der Waals surface area contributed by atoms with E-state index >= 15 is 0 Å². The minimum absolute atomic E-state index is 0.0874. The molecule has 1 aromatic carbocycles. The molecule has 2 rings (SSSR count). The first-order valence-corrected chi connectivity index (χ1v) is 7.41.